The van der Waals surface area contributed by atoms with Crippen LogP contribution in [-0.4, -0.2) is 16.2 Å². The largest absolute Gasteiger partial charge is 0.495 e. The fraction of sp³-hybridized carbons (Fsp3) is 0.267. The van der Waals surface area contributed by atoms with Crippen LogP contribution in [0, 0.1) is 11.3 Å². The monoisotopic (exact) mass is 351 g/mol. The van der Waals surface area contributed by atoms with Gasteiger partial charge in [-0.05, 0) is 17.7 Å². The molecular formula is C15H14ClN3O3S. The number of halogens is 1. The Hall–Kier alpha value is -2.17. The standard InChI is InChI=1S/C15H14ClN3O3S/c1-18-13(20)10(7-17)14(19(2)15(18)21)23-8-9-4-5-12(22-3)11(16)6-9/h4-6H,8H2,1-3H3. The molecule has 1 aromatic carbocycles. The lowest BCUT2D eigenvalue weighted by atomic mass is 10.2. The van der Waals surface area contributed by atoms with Crippen molar-refractivity contribution in [1.82, 2.24) is 9.13 Å². The predicted octanol–water partition coefficient (Wildman–Crippen LogP) is 1.91. The molecule has 0 spiro atoms. The maximum absolute atomic E-state index is 12.0. The van der Waals surface area contributed by atoms with Gasteiger partial charge < -0.3 is 4.74 Å². The zero-order valence-electron chi connectivity index (χ0n) is 12.8. The first-order valence-electron chi connectivity index (χ1n) is 6.56. The normalized spacial score (nSPS) is 10.4. The van der Waals surface area contributed by atoms with Gasteiger partial charge in [-0.1, -0.05) is 17.7 Å². The quantitative estimate of drug-likeness (QED) is 0.621. The van der Waals surface area contributed by atoms with Crippen molar-refractivity contribution in [2.45, 2.75) is 10.8 Å². The maximum atomic E-state index is 12.0. The van der Waals surface area contributed by atoms with Crippen molar-refractivity contribution in [3.63, 3.8) is 0 Å². The molecule has 0 aliphatic carbocycles. The summed E-state index contributed by atoms with van der Waals surface area (Å²) in [5.41, 5.74) is -0.216. The second-order valence-corrected chi connectivity index (χ2v) is 6.13. The molecule has 0 radical (unpaired) electrons. The fourth-order valence-corrected chi connectivity index (χ4v) is 3.35. The van der Waals surface area contributed by atoms with Gasteiger partial charge in [0.2, 0.25) is 0 Å². The lowest BCUT2D eigenvalue weighted by molar-refractivity contribution is 0.415. The molecule has 0 N–H and O–H groups in total. The van der Waals surface area contributed by atoms with E-state index in [2.05, 4.69) is 0 Å². The maximum Gasteiger partial charge on any atom is 0.331 e. The summed E-state index contributed by atoms with van der Waals surface area (Å²) in [7, 11) is 4.42. The highest BCUT2D eigenvalue weighted by Gasteiger charge is 2.16. The van der Waals surface area contributed by atoms with Crippen LogP contribution >= 0.6 is 23.4 Å². The van der Waals surface area contributed by atoms with Crippen LogP contribution in [0.15, 0.2) is 32.8 Å². The average Bonchev–Trinajstić information content (AvgIpc) is 2.55. The Morgan fingerprint density at radius 2 is 2.00 bits per heavy atom. The Balaban J connectivity index is 2.38. The zero-order valence-corrected chi connectivity index (χ0v) is 14.4. The number of benzene rings is 1. The lowest BCUT2D eigenvalue weighted by Crippen LogP contribution is -2.39. The minimum Gasteiger partial charge on any atom is -0.495 e. The summed E-state index contributed by atoms with van der Waals surface area (Å²) in [4.78, 5) is 24.0. The van der Waals surface area contributed by atoms with Crippen molar-refractivity contribution in [2.24, 2.45) is 14.1 Å². The van der Waals surface area contributed by atoms with Gasteiger partial charge in [0.05, 0.1) is 12.1 Å². The van der Waals surface area contributed by atoms with Crippen LogP contribution in [0.25, 0.3) is 0 Å². The van der Waals surface area contributed by atoms with Crippen LogP contribution < -0.4 is 16.0 Å². The molecule has 23 heavy (non-hydrogen) atoms. The first-order chi connectivity index (χ1) is 10.9. The number of aromatic nitrogens is 2. The number of hydrogen-bond donors (Lipinski definition) is 0. The van der Waals surface area contributed by atoms with Gasteiger partial charge >= 0.3 is 5.69 Å². The zero-order chi connectivity index (χ0) is 17.1. The summed E-state index contributed by atoms with van der Waals surface area (Å²) in [5.74, 6) is 1.03. The topological polar surface area (TPSA) is 77.0 Å². The van der Waals surface area contributed by atoms with E-state index >= 15 is 0 Å². The Bertz CT molecular complexity index is 912. The van der Waals surface area contributed by atoms with E-state index in [4.69, 9.17) is 16.3 Å². The molecule has 0 unspecified atom stereocenters. The van der Waals surface area contributed by atoms with Crippen molar-refractivity contribution in [1.29, 1.82) is 5.26 Å². The van der Waals surface area contributed by atoms with E-state index in [0.29, 0.717) is 21.6 Å². The van der Waals surface area contributed by atoms with Crippen LogP contribution in [0.4, 0.5) is 0 Å². The third kappa shape index (κ3) is 3.28. The van der Waals surface area contributed by atoms with Crippen LogP contribution in [0.1, 0.15) is 11.1 Å². The molecule has 2 aromatic rings. The SMILES string of the molecule is COc1ccc(CSc2c(C#N)c(=O)n(C)c(=O)n2C)cc1Cl. The first-order valence-corrected chi connectivity index (χ1v) is 7.92. The molecule has 1 aromatic heterocycles. The van der Waals surface area contributed by atoms with Crippen LogP contribution in [0.3, 0.4) is 0 Å². The number of thioether (sulfide) groups is 1. The van der Waals surface area contributed by atoms with Crippen LogP contribution in [-0.2, 0) is 19.8 Å². The number of nitriles is 1. The molecule has 0 amide bonds. The van der Waals surface area contributed by atoms with Crippen molar-refractivity contribution >= 4 is 23.4 Å². The second kappa shape index (κ2) is 6.94. The van der Waals surface area contributed by atoms with E-state index in [1.807, 2.05) is 12.1 Å². The molecule has 8 heteroatoms. The van der Waals surface area contributed by atoms with Crippen molar-refractivity contribution in [2.75, 3.05) is 7.11 Å². The molecular weight excluding hydrogens is 338 g/mol. The third-order valence-electron chi connectivity index (χ3n) is 3.31. The molecule has 0 saturated heterocycles. The highest BCUT2D eigenvalue weighted by Crippen LogP contribution is 2.29. The molecule has 2 rings (SSSR count). The van der Waals surface area contributed by atoms with Gasteiger partial charge in [0.25, 0.3) is 5.56 Å². The molecule has 0 saturated carbocycles. The van der Waals surface area contributed by atoms with Crippen LogP contribution in [0.2, 0.25) is 5.02 Å². The minimum absolute atomic E-state index is 0.0424. The van der Waals surface area contributed by atoms with Gasteiger partial charge in [-0.3, -0.25) is 13.9 Å². The summed E-state index contributed by atoms with van der Waals surface area (Å²) in [6.07, 6.45) is 0. The van der Waals surface area contributed by atoms with E-state index in [1.165, 1.54) is 37.5 Å². The Labute approximate surface area is 141 Å². The first kappa shape index (κ1) is 17.2. The van der Waals surface area contributed by atoms with Gasteiger partial charge in [-0.2, -0.15) is 5.26 Å². The number of rotatable bonds is 4. The molecule has 0 fully saturated rings. The van der Waals surface area contributed by atoms with E-state index in [0.717, 1.165) is 10.1 Å². The highest BCUT2D eigenvalue weighted by atomic mass is 35.5. The minimum atomic E-state index is -0.592. The van der Waals surface area contributed by atoms with Gasteiger partial charge in [0, 0.05) is 19.8 Å². The summed E-state index contributed by atoms with van der Waals surface area (Å²) in [6.45, 7) is 0. The number of nitrogens with zero attached hydrogens (tertiary/aromatic N) is 3. The summed E-state index contributed by atoms with van der Waals surface area (Å²) in [6, 6.07) is 7.21. The predicted molar refractivity (Wildman–Crippen MR) is 89.2 cm³/mol. The van der Waals surface area contributed by atoms with E-state index in [-0.39, 0.29) is 5.56 Å². The number of methoxy groups -OCH3 is 1. The molecule has 0 aliphatic heterocycles. The van der Waals surface area contributed by atoms with Crippen molar-refractivity contribution in [3.05, 3.63) is 55.2 Å². The Morgan fingerprint density at radius 1 is 1.30 bits per heavy atom. The highest BCUT2D eigenvalue weighted by molar-refractivity contribution is 7.98. The third-order valence-corrected chi connectivity index (χ3v) is 4.84. The van der Waals surface area contributed by atoms with Crippen molar-refractivity contribution < 1.29 is 4.74 Å². The molecule has 0 bridgehead atoms. The average molecular weight is 352 g/mol. The summed E-state index contributed by atoms with van der Waals surface area (Å²) < 4.78 is 7.32. The van der Waals surface area contributed by atoms with Gasteiger partial charge in [0.1, 0.15) is 22.4 Å². The molecule has 0 atom stereocenters. The Morgan fingerprint density at radius 3 is 2.57 bits per heavy atom. The summed E-state index contributed by atoms with van der Waals surface area (Å²) >= 11 is 7.32. The van der Waals surface area contributed by atoms with Gasteiger partial charge in [-0.25, -0.2) is 4.79 Å². The van der Waals surface area contributed by atoms with E-state index in [9.17, 15) is 14.9 Å². The van der Waals surface area contributed by atoms with E-state index < -0.39 is 11.2 Å². The van der Waals surface area contributed by atoms with Crippen molar-refractivity contribution in [3.8, 4) is 11.8 Å². The molecule has 120 valence electrons. The molecule has 0 aliphatic rings. The van der Waals surface area contributed by atoms with E-state index in [1.54, 1.807) is 12.1 Å². The van der Waals surface area contributed by atoms with Gasteiger partial charge in [-0.15, -0.1) is 11.8 Å². The molecule has 1 heterocycles. The fourth-order valence-electron chi connectivity index (χ4n) is 2.04. The smallest absolute Gasteiger partial charge is 0.331 e. The second-order valence-electron chi connectivity index (χ2n) is 4.76. The molecule has 6 nitrogen and oxygen atoms in total. The summed E-state index contributed by atoms with van der Waals surface area (Å²) in [5, 5.41) is 10.0. The number of ether oxygens (including phenoxy) is 1. The van der Waals surface area contributed by atoms with Gasteiger partial charge in [0.15, 0.2) is 0 Å². The van der Waals surface area contributed by atoms with Crippen LogP contribution in [0.5, 0.6) is 5.75 Å². The number of hydrogen-bond acceptors (Lipinski definition) is 5. The lowest BCUT2D eigenvalue weighted by Gasteiger charge is -2.11. The Kier molecular flexibility index (Phi) is 5.19.